The Labute approximate surface area is 238 Å². The van der Waals surface area contributed by atoms with Crippen LogP contribution in [0, 0.1) is 0 Å². The van der Waals surface area contributed by atoms with E-state index in [4.69, 9.17) is 32.5 Å². The summed E-state index contributed by atoms with van der Waals surface area (Å²) in [5, 5.41) is 14.0. The molecule has 0 bridgehead atoms. The van der Waals surface area contributed by atoms with Crippen molar-refractivity contribution in [2.24, 2.45) is 0 Å². The first-order chi connectivity index (χ1) is 18.8. The molecule has 12 heteroatoms. The van der Waals surface area contributed by atoms with E-state index in [0.717, 1.165) is 17.7 Å². The first kappa shape index (κ1) is 29.2. The molecule has 0 fully saturated rings. The second-order valence-electron chi connectivity index (χ2n) is 9.46. The Kier molecular flexibility index (Phi) is 8.60. The van der Waals surface area contributed by atoms with Gasteiger partial charge in [0.2, 0.25) is 0 Å². The smallest absolute Gasteiger partial charge is 0.416 e. The maximum absolute atomic E-state index is 13.0. The van der Waals surface area contributed by atoms with Crippen LogP contribution in [0.2, 0.25) is 10.0 Å². The van der Waals surface area contributed by atoms with Gasteiger partial charge in [-0.25, -0.2) is 4.79 Å². The molecule has 0 saturated heterocycles. The van der Waals surface area contributed by atoms with Crippen LogP contribution < -0.4 is 9.64 Å². The van der Waals surface area contributed by atoms with Crippen LogP contribution in [-0.4, -0.2) is 33.4 Å². The number of hydrogen-bond donors (Lipinski definition) is 1. The zero-order valence-electron chi connectivity index (χ0n) is 21.4. The number of aromatic nitrogens is 2. The molecule has 40 heavy (non-hydrogen) atoms. The van der Waals surface area contributed by atoms with Crippen molar-refractivity contribution in [3.8, 4) is 17.2 Å². The van der Waals surface area contributed by atoms with Crippen molar-refractivity contribution in [3.05, 3.63) is 93.5 Å². The lowest BCUT2D eigenvalue weighted by atomic mass is 10.1. The second kappa shape index (κ2) is 11.8. The number of nitrogens with zero attached hydrogens (tertiary/aromatic N) is 3. The van der Waals surface area contributed by atoms with Crippen LogP contribution in [-0.2, 0) is 23.9 Å². The van der Waals surface area contributed by atoms with Crippen molar-refractivity contribution < 1.29 is 32.3 Å². The van der Waals surface area contributed by atoms with Gasteiger partial charge in [0.25, 0.3) is 11.8 Å². The number of halogens is 5. The molecule has 1 aromatic heterocycles. The number of hydrogen-bond acceptors (Lipinski definition) is 6. The highest BCUT2D eigenvalue weighted by molar-refractivity contribution is 6.42. The SMILES string of the molecule is CC(C)(Oc1ccc(CCN(Cc2ccc(C(F)(F)F)cc2)c2noc(-c3ccc(Cl)c(Cl)c3)n2)cc1)C(=O)O. The summed E-state index contributed by atoms with van der Waals surface area (Å²) >= 11 is 12.1. The number of carbonyl (C=O) groups is 1. The van der Waals surface area contributed by atoms with Gasteiger partial charge in [-0.05, 0) is 79.0 Å². The van der Waals surface area contributed by atoms with E-state index in [9.17, 15) is 23.1 Å². The first-order valence-corrected chi connectivity index (χ1v) is 12.8. The minimum Gasteiger partial charge on any atom is -0.478 e. The predicted octanol–water partition coefficient (Wildman–Crippen LogP) is 7.55. The Bertz CT molecular complexity index is 1470. The summed E-state index contributed by atoms with van der Waals surface area (Å²) < 4.78 is 50.1. The van der Waals surface area contributed by atoms with Gasteiger partial charge in [-0.15, -0.1) is 0 Å². The number of benzene rings is 3. The molecule has 0 aliphatic rings. The fourth-order valence-corrected chi connectivity index (χ4v) is 3.98. The van der Waals surface area contributed by atoms with Gasteiger partial charge < -0.3 is 19.3 Å². The number of alkyl halides is 3. The average molecular weight is 594 g/mol. The van der Waals surface area contributed by atoms with Gasteiger partial charge in [-0.1, -0.05) is 47.5 Å². The largest absolute Gasteiger partial charge is 0.478 e. The van der Waals surface area contributed by atoms with Crippen molar-refractivity contribution in [3.63, 3.8) is 0 Å². The summed E-state index contributed by atoms with van der Waals surface area (Å²) in [4.78, 5) is 17.6. The third-order valence-corrected chi connectivity index (χ3v) is 6.74. The van der Waals surface area contributed by atoms with Crippen molar-refractivity contribution in [2.75, 3.05) is 11.4 Å². The van der Waals surface area contributed by atoms with Crippen LogP contribution in [0.3, 0.4) is 0 Å². The zero-order valence-corrected chi connectivity index (χ0v) is 22.9. The van der Waals surface area contributed by atoms with Crippen molar-refractivity contribution in [1.29, 1.82) is 0 Å². The summed E-state index contributed by atoms with van der Waals surface area (Å²) in [5.74, 6) is -0.240. The molecule has 4 rings (SSSR count). The van der Waals surface area contributed by atoms with E-state index >= 15 is 0 Å². The first-order valence-electron chi connectivity index (χ1n) is 12.0. The van der Waals surface area contributed by atoms with Crippen LogP contribution in [0.1, 0.15) is 30.5 Å². The van der Waals surface area contributed by atoms with Crippen LogP contribution in [0.15, 0.2) is 71.3 Å². The maximum atomic E-state index is 13.0. The van der Waals surface area contributed by atoms with E-state index in [1.165, 1.54) is 26.0 Å². The van der Waals surface area contributed by atoms with Crippen molar-refractivity contribution >= 4 is 35.1 Å². The van der Waals surface area contributed by atoms with Crippen LogP contribution in [0.25, 0.3) is 11.5 Å². The summed E-state index contributed by atoms with van der Waals surface area (Å²) in [6, 6.07) is 16.7. The number of ether oxygens (including phenoxy) is 1. The molecule has 0 aliphatic heterocycles. The molecular weight excluding hydrogens is 570 g/mol. The van der Waals surface area contributed by atoms with E-state index in [2.05, 4.69) is 10.1 Å². The third kappa shape index (κ3) is 7.25. The minimum absolute atomic E-state index is 0.202. The van der Waals surface area contributed by atoms with Gasteiger partial charge in [0, 0.05) is 18.7 Å². The van der Waals surface area contributed by atoms with E-state index < -0.39 is 23.3 Å². The lowest BCUT2D eigenvalue weighted by molar-refractivity contribution is -0.152. The Morgan fingerprint density at radius 3 is 2.23 bits per heavy atom. The molecule has 3 aromatic carbocycles. The molecule has 0 amide bonds. The molecule has 0 saturated carbocycles. The highest BCUT2D eigenvalue weighted by Gasteiger charge is 2.30. The Balaban J connectivity index is 1.54. The Morgan fingerprint density at radius 2 is 1.62 bits per heavy atom. The molecule has 4 aromatic rings. The Hall–Kier alpha value is -3.76. The molecule has 0 aliphatic carbocycles. The van der Waals surface area contributed by atoms with Crippen LogP contribution in [0.5, 0.6) is 5.75 Å². The molecule has 1 N–H and O–H groups in total. The number of rotatable bonds is 10. The number of aliphatic carboxylic acids is 1. The monoisotopic (exact) mass is 593 g/mol. The quantitative estimate of drug-likeness (QED) is 0.203. The fraction of sp³-hybridized carbons (Fsp3) is 0.250. The third-order valence-electron chi connectivity index (χ3n) is 6.00. The standard InChI is InChI=1S/C28H24Cl2F3N3O4/c1-27(2,25(37)38)39-21-10-5-17(6-11-21)13-14-36(16-18-3-8-20(9-4-18)28(31,32)33)26-34-24(40-35-26)19-7-12-22(29)23(30)15-19/h3-12,15H,13-14,16H2,1-2H3,(H,37,38). The Morgan fingerprint density at radius 1 is 0.975 bits per heavy atom. The summed E-state index contributed by atoms with van der Waals surface area (Å²) in [5.41, 5.74) is -0.0373. The molecule has 7 nitrogen and oxygen atoms in total. The topological polar surface area (TPSA) is 88.7 Å². The van der Waals surface area contributed by atoms with E-state index in [0.29, 0.717) is 39.9 Å². The summed E-state index contributed by atoms with van der Waals surface area (Å²) in [6.07, 6.45) is -3.92. The lowest BCUT2D eigenvalue weighted by Gasteiger charge is -2.22. The van der Waals surface area contributed by atoms with Crippen LogP contribution >= 0.6 is 23.2 Å². The van der Waals surface area contributed by atoms with Gasteiger partial charge in [-0.3, -0.25) is 0 Å². The van der Waals surface area contributed by atoms with Gasteiger partial charge in [0.05, 0.1) is 15.6 Å². The predicted molar refractivity (Wildman–Crippen MR) is 145 cm³/mol. The summed E-state index contributed by atoms with van der Waals surface area (Å²) in [7, 11) is 0. The zero-order chi connectivity index (χ0) is 29.1. The normalized spacial score (nSPS) is 11.9. The van der Waals surface area contributed by atoms with Crippen molar-refractivity contribution in [2.45, 2.75) is 38.6 Å². The second-order valence-corrected chi connectivity index (χ2v) is 10.3. The van der Waals surface area contributed by atoms with Gasteiger partial charge >= 0.3 is 12.1 Å². The minimum atomic E-state index is -4.43. The van der Waals surface area contributed by atoms with Gasteiger partial charge in [0.1, 0.15) is 5.75 Å². The number of anilines is 1. The molecule has 0 unspecified atom stereocenters. The van der Waals surface area contributed by atoms with E-state index in [1.807, 2.05) is 0 Å². The highest BCUT2D eigenvalue weighted by atomic mass is 35.5. The van der Waals surface area contributed by atoms with E-state index in [1.54, 1.807) is 47.4 Å². The van der Waals surface area contributed by atoms with Crippen LogP contribution in [0.4, 0.5) is 19.1 Å². The lowest BCUT2D eigenvalue weighted by Crippen LogP contribution is -2.37. The number of carboxylic acids is 1. The molecule has 210 valence electrons. The number of carboxylic acid groups (broad SMARTS) is 1. The molecule has 1 heterocycles. The highest BCUT2D eigenvalue weighted by Crippen LogP contribution is 2.31. The maximum Gasteiger partial charge on any atom is 0.416 e. The molecule has 0 atom stereocenters. The molecular formula is C28H24Cl2F3N3O4. The van der Waals surface area contributed by atoms with E-state index in [-0.39, 0.29) is 18.4 Å². The molecule has 0 spiro atoms. The fourth-order valence-electron chi connectivity index (χ4n) is 3.69. The van der Waals surface area contributed by atoms with Gasteiger partial charge in [-0.2, -0.15) is 18.2 Å². The molecule has 0 radical (unpaired) electrons. The van der Waals surface area contributed by atoms with Gasteiger partial charge in [0.15, 0.2) is 5.60 Å². The average Bonchev–Trinajstić information content (AvgIpc) is 3.39. The summed E-state index contributed by atoms with van der Waals surface area (Å²) in [6.45, 7) is 3.52. The van der Waals surface area contributed by atoms with Crippen molar-refractivity contribution in [1.82, 2.24) is 10.1 Å².